The minimum Gasteiger partial charge on any atom is -0.491 e. The Labute approximate surface area is 125 Å². The predicted molar refractivity (Wildman–Crippen MR) is 84.4 cm³/mol. The van der Waals surface area contributed by atoms with Crippen LogP contribution in [0.25, 0.3) is 0 Å². The van der Waals surface area contributed by atoms with E-state index < -0.39 is 0 Å². The highest BCUT2D eigenvalue weighted by Gasteiger charge is 2.17. The average molecular weight is 290 g/mol. The number of hydrogen-bond donors (Lipinski definition) is 1. The number of hydrogen-bond acceptors (Lipinski definition) is 2. The molecule has 1 atom stereocenters. The third kappa shape index (κ3) is 3.33. The molecule has 1 unspecified atom stereocenters. The Morgan fingerprint density at radius 2 is 1.75 bits per heavy atom. The lowest BCUT2D eigenvalue weighted by Gasteiger charge is -2.20. The SMILES string of the molecule is Cc1ccc(C(N)c2ccccc2OC(C)C)c(Cl)c1. The average Bonchev–Trinajstić information content (AvgIpc) is 2.38. The number of halogens is 1. The van der Waals surface area contributed by atoms with Crippen molar-refractivity contribution in [3.05, 3.63) is 64.2 Å². The second kappa shape index (κ2) is 6.29. The summed E-state index contributed by atoms with van der Waals surface area (Å²) in [7, 11) is 0. The van der Waals surface area contributed by atoms with Crippen molar-refractivity contribution < 1.29 is 4.74 Å². The molecule has 0 amide bonds. The van der Waals surface area contributed by atoms with Gasteiger partial charge in [-0.1, -0.05) is 41.9 Å². The van der Waals surface area contributed by atoms with Gasteiger partial charge in [0.15, 0.2) is 0 Å². The predicted octanol–water partition coefficient (Wildman–Crippen LogP) is 4.48. The van der Waals surface area contributed by atoms with Crippen LogP contribution in [0.3, 0.4) is 0 Å². The molecule has 20 heavy (non-hydrogen) atoms. The van der Waals surface area contributed by atoms with Gasteiger partial charge in [0.25, 0.3) is 0 Å². The van der Waals surface area contributed by atoms with E-state index in [9.17, 15) is 0 Å². The fourth-order valence-corrected chi connectivity index (χ4v) is 2.50. The number of rotatable bonds is 4. The fraction of sp³-hybridized carbons (Fsp3) is 0.294. The number of nitrogens with two attached hydrogens (primary N) is 1. The van der Waals surface area contributed by atoms with Gasteiger partial charge in [0.1, 0.15) is 5.75 Å². The van der Waals surface area contributed by atoms with Gasteiger partial charge in [-0.05, 0) is 44.0 Å². The van der Waals surface area contributed by atoms with E-state index in [1.807, 2.05) is 63.2 Å². The van der Waals surface area contributed by atoms with Crippen molar-refractivity contribution in [2.45, 2.75) is 32.9 Å². The molecule has 2 rings (SSSR count). The highest BCUT2D eigenvalue weighted by Crippen LogP contribution is 2.32. The van der Waals surface area contributed by atoms with Gasteiger partial charge in [-0.15, -0.1) is 0 Å². The number of benzene rings is 2. The van der Waals surface area contributed by atoms with Gasteiger partial charge < -0.3 is 10.5 Å². The summed E-state index contributed by atoms with van der Waals surface area (Å²) < 4.78 is 5.83. The van der Waals surface area contributed by atoms with Crippen molar-refractivity contribution in [3.8, 4) is 5.75 Å². The molecule has 0 spiro atoms. The summed E-state index contributed by atoms with van der Waals surface area (Å²) in [6, 6.07) is 13.5. The van der Waals surface area contributed by atoms with Gasteiger partial charge in [-0.25, -0.2) is 0 Å². The number of aryl methyl sites for hydroxylation is 1. The van der Waals surface area contributed by atoms with E-state index in [1.165, 1.54) is 0 Å². The third-order valence-corrected chi connectivity index (χ3v) is 3.44. The van der Waals surface area contributed by atoms with E-state index in [0.717, 1.165) is 22.4 Å². The summed E-state index contributed by atoms with van der Waals surface area (Å²) >= 11 is 6.31. The first-order valence-corrected chi connectivity index (χ1v) is 7.14. The lowest BCUT2D eigenvalue weighted by Crippen LogP contribution is -2.16. The van der Waals surface area contributed by atoms with Gasteiger partial charge >= 0.3 is 0 Å². The summed E-state index contributed by atoms with van der Waals surface area (Å²) in [6.07, 6.45) is 0.108. The normalized spacial score (nSPS) is 12.5. The third-order valence-electron chi connectivity index (χ3n) is 3.11. The molecule has 3 heteroatoms. The van der Waals surface area contributed by atoms with Crippen LogP contribution in [-0.4, -0.2) is 6.10 Å². The molecule has 2 nitrogen and oxygen atoms in total. The van der Waals surface area contributed by atoms with Crippen LogP contribution in [-0.2, 0) is 0 Å². The minimum atomic E-state index is -0.293. The van der Waals surface area contributed by atoms with Crippen LogP contribution in [0.2, 0.25) is 5.02 Å². The Bertz CT molecular complexity index is 595. The molecule has 0 aromatic heterocycles. The lowest BCUT2D eigenvalue weighted by atomic mass is 9.98. The van der Waals surface area contributed by atoms with Crippen molar-refractivity contribution in [1.82, 2.24) is 0 Å². The van der Waals surface area contributed by atoms with Gasteiger partial charge in [0.2, 0.25) is 0 Å². The van der Waals surface area contributed by atoms with Crippen molar-refractivity contribution >= 4 is 11.6 Å². The molecule has 0 heterocycles. The lowest BCUT2D eigenvalue weighted by molar-refractivity contribution is 0.239. The molecule has 0 saturated carbocycles. The summed E-state index contributed by atoms with van der Waals surface area (Å²) in [5.41, 5.74) is 9.37. The first-order chi connectivity index (χ1) is 9.49. The van der Waals surface area contributed by atoms with Gasteiger partial charge in [0, 0.05) is 10.6 Å². The fourth-order valence-electron chi connectivity index (χ4n) is 2.15. The Balaban J connectivity index is 2.40. The molecule has 0 bridgehead atoms. The van der Waals surface area contributed by atoms with Gasteiger partial charge in [0.05, 0.1) is 12.1 Å². The van der Waals surface area contributed by atoms with E-state index in [1.54, 1.807) is 0 Å². The molecule has 0 aliphatic carbocycles. The van der Waals surface area contributed by atoms with Crippen LogP contribution in [0.15, 0.2) is 42.5 Å². The quantitative estimate of drug-likeness (QED) is 0.900. The zero-order valence-electron chi connectivity index (χ0n) is 12.1. The molecule has 0 aliphatic rings. The van der Waals surface area contributed by atoms with E-state index in [0.29, 0.717) is 5.02 Å². The van der Waals surface area contributed by atoms with Gasteiger partial charge in [-0.3, -0.25) is 0 Å². The zero-order chi connectivity index (χ0) is 14.7. The molecule has 0 aliphatic heterocycles. The molecule has 2 aromatic rings. The maximum atomic E-state index is 6.38. The van der Waals surface area contributed by atoms with Crippen molar-refractivity contribution in [1.29, 1.82) is 0 Å². The standard InChI is InChI=1S/C17H20ClNO/c1-11(2)20-16-7-5-4-6-14(16)17(19)13-9-8-12(3)10-15(13)18/h4-11,17H,19H2,1-3H3. The maximum Gasteiger partial charge on any atom is 0.124 e. The highest BCUT2D eigenvalue weighted by atomic mass is 35.5. The molecular weight excluding hydrogens is 270 g/mol. The van der Waals surface area contributed by atoms with E-state index in [4.69, 9.17) is 22.1 Å². The second-order valence-corrected chi connectivity index (χ2v) is 5.61. The summed E-state index contributed by atoms with van der Waals surface area (Å²) in [6.45, 7) is 6.01. The molecule has 0 fully saturated rings. The molecule has 2 N–H and O–H groups in total. The molecule has 2 aromatic carbocycles. The van der Waals surface area contributed by atoms with Crippen LogP contribution in [0, 0.1) is 6.92 Å². The molecule has 0 saturated heterocycles. The minimum absolute atomic E-state index is 0.108. The Kier molecular flexibility index (Phi) is 4.69. The number of para-hydroxylation sites is 1. The van der Waals surface area contributed by atoms with Crippen molar-refractivity contribution in [2.75, 3.05) is 0 Å². The van der Waals surface area contributed by atoms with E-state index in [-0.39, 0.29) is 12.1 Å². The maximum absolute atomic E-state index is 6.38. The van der Waals surface area contributed by atoms with Crippen molar-refractivity contribution in [3.63, 3.8) is 0 Å². The van der Waals surface area contributed by atoms with Crippen LogP contribution < -0.4 is 10.5 Å². The van der Waals surface area contributed by atoms with Crippen LogP contribution in [0.1, 0.15) is 36.6 Å². The van der Waals surface area contributed by atoms with E-state index >= 15 is 0 Å². The largest absolute Gasteiger partial charge is 0.491 e. The molecular formula is C17H20ClNO. The summed E-state index contributed by atoms with van der Waals surface area (Å²) in [4.78, 5) is 0. The monoisotopic (exact) mass is 289 g/mol. The second-order valence-electron chi connectivity index (χ2n) is 5.21. The summed E-state index contributed by atoms with van der Waals surface area (Å²) in [5.74, 6) is 0.812. The Morgan fingerprint density at radius 3 is 2.40 bits per heavy atom. The first kappa shape index (κ1) is 14.9. The van der Waals surface area contributed by atoms with Crippen LogP contribution in [0.4, 0.5) is 0 Å². The topological polar surface area (TPSA) is 35.2 Å². The van der Waals surface area contributed by atoms with Crippen LogP contribution >= 0.6 is 11.6 Å². The van der Waals surface area contributed by atoms with Crippen molar-refractivity contribution in [2.24, 2.45) is 5.73 Å². The highest BCUT2D eigenvalue weighted by molar-refractivity contribution is 6.31. The smallest absolute Gasteiger partial charge is 0.124 e. The molecule has 0 radical (unpaired) electrons. The van der Waals surface area contributed by atoms with Gasteiger partial charge in [-0.2, -0.15) is 0 Å². The Hall–Kier alpha value is -1.51. The Morgan fingerprint density at radius 1 is 1.05 bits per heavy atom. The zero-order valence-corrected chi connectivity index (χ0v) is 12.8. The number of ether oxygens (including phenoxy) is 1. The first-order valence-electron chi connectivity index (χ1n) is 6.76. The summed E-state index contributed by atoms with van der Waals surface area (Å²) in [5, 5.41) is 0.692. The molecule has 106 valence electrons. The van der Waals surface area contributed by atoms with Crippen LogP contribution in [0.5, 0.6) is 5.75 Å². The van der Waals surface area contributed by atoms with E-state index in [2.05, 4.69) is 0 Å².